The molecule has 0 rings (SSSR count). The van der Waals surface area contributed by atoms with Crippen LogP contribution in [-0.2, 0) is 19.1 Å². The first kappa shape index (κ1) is 15.3. The fraction of sp³-hybridized carbons (Fsp3) is 0.800. The topological polar surface area (TPSA) is 60.4 Å². The Balaban J connectivity index is 0. The molecular weight excluding hydrogens is 184 g/mol. The lowest BCUT2D eigenvalue weighted by Crippen LogP contribution is -2.24. The summed E-state index contributed by atoms with van der Waals surface area (Å²) in [5.74, 6) is 0.299. The van der Waals surface area contributed by atoms with E-state index in [0.29, 0.717) is 12.5 Å². The van der Waals surface area contributed by atoms with Crippen LogP contribution in [0.5, 0.6) is 0 Å². The van der Waals surface area contributed by atoms with E-state index in [1.54, 1.807) is 0 Å². The van der Waals surface area contributed by atoms with Gasteiger partial charge in [0.2, 0.25) is 0 Å². The van der Waals surface area contributed by atoms with Crippen LogP contribution >= 0.6 is 0 Å². The number of esters is 1. The predicted molar refractivity (Wildman–Crippen MR) is 50.3 cm³/mol. The lowest BCUT2D eigenvalue weighted by molar-refractivity contribution is -0.191. The molecule has 0 aromatic carbocycles. The van der Waals surface area contributed by atoms with Gasteiger partial charge in [-0.25, -0.2) is 0 Å². The molecule has 4 heteroatoms. The monoisotopic (exact) mass is 202 g/mol. The van der Waals surface area contributed by atoms with Crippen molar-refractivity contribution in [1.82, 2.24) is 0 Å². The molecule has 82 valence electrons. The van der Waals surface area contributed by atoms with Gasteiger partial charge in [-0.1, -0.05) is 13.8 Å². The van der Waals surface area contributed by atoms with Crippen molar-refractivity contribution >= 4 is 12.1 Å². The Labute approximate surface area is 84.6 Å². The third-order valence-electron chi connectivity index (χ3n) is 1.16. The Morgan fingerprint density at radius 1 is 1.29 bits per heavy atom. The lowest BCUT2D eigenvalue weighted by atomic mass is 9.97. The zero-order valence-electron chi connectivity index (χ0n) is 9.42. The van der Waals surface area contributed by atoms with Crippen LogP contribution in [0, 0.1) is 11.3 Å². The van der Waals surface area contributed by atoms with Crippen LogP contribution in [0.2, 0.25) is 0 Å². The summed E-state index contributed by atoms with van der Waals surface area (Å²) in [5.41, 5.74) is -0.366. The first-order valence-corrected chi connectivity index (χ1v) is 4.42. The quantitative estimate of drug-likeness (QED) is 0.639. The van der Waals surface area contributed by atoms with Crippen LogP contribution < -0.4 is 0 Å². The van der Waals surface area contributed by atoms with Crippen LogP contribution in [0.1, 0.15) is 34.6 Å². The molecule has 0 N–H and O–H groups in total. The highest BCUT2D eigenvalue weighted by molar-refractivity contribution is 5.75. The molecule has 0 aliphatic heterocycles. The second kappa shape index (κ2) is 7.27. The normalized spacial score (nSPS) is 9.86. The summed E-state index contributed by atoms with van der Waals surface area (Å²) < 4.78 is 5.03. The minimum atomic E-state index is -0.366. The van der Waals surface area contributed by atoms with Crippen molar-refractivity contribution in [3.05, 3.63) is 0 Å². The third kappa shape index (κ3) is 10.8. The fourth-order valence-corrected chi connectivity index (χ4v) is 0.459. The van der Waals surface area contributed by atoms with E-state index in [4.69, 9.17) is 14.3 Å². The average Bonchev–Trinajstić information content (AvgIpc) is 1.99. The molecule has 4 nitrogen and oxygen atoms in total. The van der Waals surface area contributed by atoms with Gasteiger partial charge in [-0.2, -0.15) is 9.59 Å². The number of hydrogen-bond donors (Lipinski definition) is 0. The number of hydrogen-bond acceptors (Lipinski definition) is 4. The molecule has 0 aromatic rings. The Morgan fingerprint density at radius 3 is 1.86 bits per heavy atom. The summed E-state index contributed by atoms with van der Waals surface area (Å²) in [5, 5.41) is 0. The molecule has 0 aliphatic carbocycles. The Morgan fingerprint density at radius 2 is 1.64 bits per heavy atom. The largest absolute Gasteiger partial charge is 0.465 e. The molecule has 0 bridgehead atoms. The maximum absolute atomic E-state index is 11.1. The van der Waals surface area contributed by atoms with Crippen molar-refractivity contribution in [2.75, 3.05) is 6.61 Å². The molecule has 0 unspecified atom stereocenters. The molecule has 14 heavy (non-hydrogen) atoms. The van der Waals surface area contributed by atoms with E-state index >= 15 is 0 Å². The van der Waals surface area contributed by atoms with Gasteiger partial charge in [-0.05, 0) is 26.7 Å². The van der Waals surface area contributed by atoms with E-state index < -0.39 is 0 Å². The molecule has 0 radical (unpaired) electrons. The fourth-order valence-electron chi connectivity index (χ4n) is 0.459. The van der Waals surface area contributed by atoms with E-state index in [1.165, 1.54) is 0 Å². The van der Waals surface area contributed by atoms with E-state index in [1.807, 2.05) is 34.6 Å². The van der Waals surface area contributed by atoms with Crippen molar-refractivity contribution in [1.29, 1.82) is 0 Å². The Kier molecular flexibility index (Phi) is 7.96. The summed E-state index contributed by atoms with van der Waals surface area (Å²) in [6, 6.07) is 0. The van der Waals surface area contributed by atoms with Gasteiger partial charge in [0.25, 0.3) is 0 Å². The molecule has 0 saturated carbocycles. The van der Waals surface area contributed by atoms with Crippen LogP contribution in [0.3, 0.4) is 0 Å². The van der Waals surface area contributed by atoms with Crippen LogP contribution in [0.15, 0.2) is 0 Å². The van der Waals surface area contributed by atoms with Crippen molar-refractivity contribution in [2.24, 2.45) is 11.3 Å². The maximum atomic E-state index is 11.1. The summed E-state index contributed by atoms with van der Waals surface area (Å²) in [6.07, 6.45) is 0.250. The van der Waals surface area contributed by atoms with Gasteiger partial charge in [-0.15, -0.1) is 0 Å². The molecule has 0 aliphatic rings. The Hall–Kier alpha value is -1.15. The van der Waals surface area contributed by atoms with Gasteiger partial charge in [0.05, 0.1) is 12.0 Å². The highest BCUT2D eigenvalue weighted by Crippen LogP contribution is 2.15. The van der Waals surface area contributed by atoms with Crippen LogP contribution in [-0.4, -0.2) is 18.7 Å². The van der Waals surface area contributed by atoms with Gasteiger partial charge in [0.1, 0.15) is 0 Å². The first-order valence-electron chi connectivity index (χ1n) is 4.42. The summed E-state index contributed by atoms with van der Waals surface area (Å²) >= 11 is 0. The molecule has 0 saturated heterocycles. The van der Waals surface area contributed by atoms with E-state index in [2.05, 4.69) is 0 Å². The number of rotatable bonds is 2. The SMILES string of the molecule is CC(C)COC(=O)C(C)(C)C.O=C=O. The lowest BCUT2D eigenvalue weighted by Gasteiger charge is -2.17. The van der Waals surface area contributed by atoms with E-state index in [9.17, 15) is 4.79 Å². The minimum absolute atomic E-state index is 0.119. The smallest absolute Gasteiger partial charge is 0.373 e. The molecule has 0 heterocycles. The number of carbonyl (C=O) groups excluding carboxylic acids is 3. The molecule has 0 aromatic heterocycles. The standard InChI is InChI=1S/C9H18O2.CO2/c1-7(2)6-11-8(10)9(3,4)5;2-1-3/h7H,6H2,1-5H3;. The van der Waals surface area contributed by atoms with Crippen LogP contribution in [0.4, 0.5) is 0 Å². The van der Waals surface area contributed by atoms with Gasteiger partial charge in [-0.3, -0.25) is 4.79 Å². The Bertz CT molecular complexity index is 195. The highest BCUT2D eigenvalue weighted by Gasteiger charge is 2.22. The van der Waals surface area contributed by atoms with E-state index in [0.717, 1.165) is 0 Å². The zero-order valence-corrected chi connectivity index (χ0v) is 9.42. The second-order valence-electron chi connectivity index (χ2n) is 4.33. The minimum Gasteiger partial charge on any atom is -0.465 e. The van der Waals surface area contributed by atoms with Gasteiger partial charge >= 0.3 is 12.1 Å². The molecule has 0 atom stereocenters. The average molecular weight is 202 g/mol. The first-order chi connectivity index (χ1) is 6.25. The molecular formula is C10H18O4. The van der Waals surface area contributed by atoms with E-state index in [-0.39, 0.29) is 17.5 Å². The van der Waals surface area contributed by atoms with Crippen molar-refractivity contribution in [2.45, 2.75) is 34.6 Å². The number of carbonyl (C=O) groups is 1. The highest BCUT2D eigenvalue weighted by atomic mass is 16.5. The maximum Gasteiger partial charge on any atom is 0.373 e. The summed E-state index contributed by atoms with van der Waals surface area (Å²) in [7, 11) is 0. The van der Waals surface area contributed by atoms with Crippen molar-refractivity contribution in [3.8, 4) is 0 Å². The van der Waals surface area contributed by atoms with Gasteiger partial charge in [0, 0.05) is 0 Å². The summed E-state index contributed by atoms with van der Waals surface area (Å²) in [4.78, 5) is 27.4. The van der Waals surface area contributed by atoms with Gasteiger partial charge < -0.3 is 4.74 Å². The number of ether oxygens (including phenoxy) is 1. The molecule has 0 amide bonds. The zero-order chi connectivity index (χ0) is 11.8. The van der Waals surface area contributed by atoms with Crippen molar-refractivity contribution in [3.63, 3.8) is 0 Å². The summed E-state index contributed by atoms with van der Waals surface area (Å²) in [6.45, 7) is 10.1. The predicted octanol–water partition coefficient (Wildman–Crippen LogP) is 1.65. The van der Waals surface area contributed by atoms with Gasteiger partial charge in [0.15, 0.2) is 0 Å². The second-order valence-corrected chi connectivity index (χ2v) is 4.33. The third-order valence-corrected chi connectivity index (χ3v) is 1.16. The van der Waals surface area contributed by atoms with Crippen molar-refractivity contribution < 1.29 is 19.1 Å². The molecule has 0 fully saturated rings. The van der Waals surface area contributed by atoms with Crippen LogP contribution in [0.25, 0.3) is 0 Å². The molecule has 0 spiro atoms.